The van der Waals surface area contributed by atoms with Crippen molar-refractivity contribution >= 4 is 0 Å². The van der Waals surface area contributed by atoms with E-state index in [1.807, 2.05) is 0 Å². The van der Waals surface area contributed by atoms with E-state index in [4.69, 9.17) is 0 Å². The Morgan fingerprint density at radius 1 is 1.00 bits per heavy atom. The minimum atomic E-state index is 0.520. The Labute approximate surface area is 95.2 Å². The summed E-state index contributed by atoms with van der Waals surface area (Å²) in [4.78, 5) is 2.72. The third-order valence-electron chi connectivity index (χ3n) is 3.87. The molecule has 0 radical (unpaired) electrons. The molecule has 0 aromatic rings. The van der Waals surface area contributed by atoms with E-state index in [-0.39, 0.29) is 0 Å². The smallest absolute Gasteiger partial charge is 0.00382 e. The molecule has 1 nitrogen and oxygen atoms in total. The van der Waals surface area contributed by atoms with Gasteiger partial charge in [0.25, 0.3) is 0 Å². The first-order valence-corrected chi connectivity index (χ1v) is 6.72. The predicted molar refractivity (Wildman–Crippen MR) is 66.0 cm³/mol. The number of nitrogens with zero attached hydrogens (tertiary/aromatic N) is 1. The van der Waals surface area contributed by atoms with Crippen molar-refractivity contribution < 1.29 is 0 Å². The normalized spacial score (nSPS) is 26.6. The van der Waals surface area contributed by atoms with Crippen LogP contribution in [0, 0.1) is 10.8 Å². The Bertz CT molecular complexity index is 204. The van der Waals surface area contributed by atoms with Crippen LogP contribution in [0.1, 0.15) is 59.3 Å². The van der Waals surface area contributed by atoms with Crippen molar-refractivity contribution in [3.63, 3.8) is 0 Å². The lowest BCUT2D eigenvalue weighted by Gasteiger charge is -2.33. The van der Waals surface area contributed by atoms with Gasteiger partial charge in [0, 0.05) is 6.54 Å². The number of hydrogen-bond donors (Lipinski definition) is 0. The molecule has 0 unspecified atom stereocenters. The molecule has 0 aromatic carbocycles. The molecule has 2 rings (SSSR count). The minimum Gasteiger partial charge on any atom is -0.303 e. The van der Waals surface area contributed by atoms with Crippen molar-refractivity contribution in [3.05, 3.63) is 0 Å². The zero-order valence-corrected chi connectivity index (χ0v) is 10.8. The highest BCUT2D eigenvalue weighted by Gasteiger charge is 2.45. The van der Waals surface area contributed by atoms with Gasteiger partial charge in [-0.25, -0.2) is 0 Å². The van der Waals surface area contributed by atoms with Crippen LogP contribution in [0.3, 0.4) is 0 Å². The Hall–Kier alpha value is -0.0400. The lowest BCUT2D eigenvalue weighted by atomic mass is 9.82. The third kappa shape index (κ3) is 3.48. The molecular formula is C14H27N. The van der Waals surface area contributed by atoms with Gasteiger partial charge in [0.15, 0.2) is 0 Å². The van der Waals surface area contributed by atoms with Crippen LogP contribution in [-0.4, -0.2) is 24.5 Å². The fourth-order valence-corrected chi connectivity index (χ4v) is 3.28. The van der Waals surface area contributed by atoms with Gasteiger partial charge in [-0.15, -0.1) is 0 Å². The Morgan fingerprint density at radius 3 is 2.07 bits per heavy atom. The SMILES string of the molecule is CC(C)(C)CC1(CN2CCCCC2)CC1. The largest absolute Gasteiger partial charge is 0.303 e. The summed E-state index contributed by atoms with van der Waals surface area (Å²) in [5.41, 5.74) is 1.24. The first-order chi connectivity index (χ1) is 6.99. The molecule has 0 spiro atoms. The Kier molecular flexibility index (Phi) is 3.12. The van der Waals surface area contributed by atoms with Gasteiger partial charge >= 0.3 is 0 Å². The fourth-order valence-electron chi connectivity index (χ4n) is 3.28. The van der Waals surface area contributed by atoms with Crippen molar-refractivity contribution in [1.29, 1.82) is 0 Å². The maximum Gasteiger partial charge on any atom is 0.00382 e. The number of rotatable bonds is 3. The van der Waals surface area contributed by atoms with Crippen LogP contribution in [0.25, 0.3) is 0 Å². The predicted octanol–water partition coefficient (Wildman–Crippen LogP) is 3.69. The van der Waals surface area contributed by atoms with E-state index in [0.717, 1.165) is 5.41 Å². The van der Waals surface area contributed by atoms with Crippen LogP contribution in [-0.2, 0) is 0 Å². The second-order valence-corrected chi connectivity index (χ2v) is 7.07. The van der Waals surface area contributed by atoms with Gasteiger partial charge in [-0.3, -0.25) is 0 Å². The highest BCUT2D eigenvalue weighted by Crippen LogP contribution is 2.53. The van der Waals surface area contributed by atoms with Gasteiger partial charge in [0.2, 0.25) is 0 Å². The molecule has 0 N–H and O–H groups in total. The van der Waals surface area contributed by atoms with E-state index >= 15 is 0 Å². The van der Waals surface area contributed by atoms with Crippen LogP contribution in [0.4, 0.5) is 0 Å². The molecule has 88 valence electrons. The third-order valence-corrected chi connectivity index (χ3v) is 3.87. The van der Waals surface area contributed by atoms with Crippen LogP contribution in [0.15, 0.2) is 0 Å². The molecule has 1 aliphatic carbocycles. The van der Waals surface area contributed by atoms with Gasteiger partial charge in [-0.2, -0.15) is 0 Å². The van der Waals surface area contributed by atoms with E-state index < -0.39 is 0 Å². The summed E-state index contributed by atoms with van der Waals surface area (Å²) in [6.45, 7) is 11.3. The van der Waals surface area contributed by atoms with Gasteiger partial charge < -0.3 is 4.90 Å². The summed E-state index contributed by atoms with van der Waals surface area (Å²) < 4.78 is 0. The van der Waals surface area contributed by atoms with E-state index in [2.05, 4.69) is 25.7 Å². The van der Waals surface area contributed by atoms with Crippen molar-refractivity contribution in [2.45, 2.75) is 59.3 Å². The van der Waals surface area contributed by atoms with Crippen molar-refractivity contribution in [2.24, 2.45) is 10.8 Å². The Morgan fingerprint density at radius 2 is 1.60 bits per heavy atom. The zero-order valence-electron chi connectivity index (χ0n) is 10.8. The maximum absolute atomic E-state index is 2.72. The molecule has 2 aliphatic rings. The first kappa shape index (κ1) is 11.4. The maximum atomic E-state index is 2.72. The zero-order chi connectivity index (χ0) is 10.9. The summed E-state index contributed by atoms with van der Waals surface area (Å²) in [6, 6.07) is 0. The Balaban J connectivity index is 1.82. The van der Waals surface area contributed by atoms with Gasteiger partial charge in [0.05, 0.1) is 0 Å². The average molecular weight is 209 g/mol. The summed E-state index contributed by atoms with van der Waals surface area (Å²) in [7, 11) is 0. The van der Waals surface area contributed by atoms with Gasteiger partial charge in [0.1, 0.15) is 0 Å². The standard InChI is InChI=1S/C14H27N/c1-13(2,3)11-14(7-8-14)12-15-9-5-4-6-10-15/h4-12H2,1-3H3. The molecule has 1 aliphatic heterocycles. The summed E-state index contributed by atoms with van der Waals surface area (Å²) in [5.74, 6) is 0. The topological polar surface area (TPSA) is 3.24 Å². The van der Waals surface area contributed by atoms with Crippen molar-refractivity contribution in [1.82, 2.24) is 4.90 Å². The molecule has 0 bridgehead atoms. The molecule has 1 heterocycles. The molecule has 15 heavy (non-hydrogen) atoms. The fraction of sp³-hybridized carbons (Fsp3) is 1.00. The molecule has 2 fully saturated rings. The van der Waals surface area contributed by atoms with E-state index in [0.29, 0.717) is 5.41 Å². The number of piperidine rings is 1. The quantitative estimate of drug-likeness (QED) is 0.685. The molecule has 0 atom stereocenters. The highest BCUT2D eigenvalue weighted by molar-refractivity contribution is 4.98. The van der Waals surface area contributed by atoms with Crippen molar-refractivity contribution in [2.75, 3.05) is 19.6 Å². The highest BCUT2D eigenvalue weighted by atomic mass is 15.1. The lowest BCUT2D eigenvalue weighted by molar-refractivity contribution is 0.155. The van der Waals surface area contributed by atoms with Crippen LogP contribution < -0.4 is 0 Å². The number of hydrogen-bond acceptors (Lipinski definition) is 1. The van der Waals surface area contributed by atoms with Crippen LogP contribution >= 0.6 is 0 Å². The summed E-state index contributed by atoms with van der Waals surface area (Å²) >= 11 is 0. The van der Waals surface area contributed by atoms with Crippen molar-refractivity contribution in [3.8, 4) is 0 Å². The molecule has 1 saturated heterocycles. The molecule has 0 aromatic heterocycles. The second kappa shape index (κ2) is 4.08. The average Bonchev–Trinajstić information content (AvgIpc) is 2.83. The van der Waals surface area contributed by atoms with Crippen LogP contribution in [0.2, 0.25) is 0 Å². The number of likely N-dealkylation sites (tertiary alicyclic amines) is 1. The van der Waals surface area contributed by atoms with Gasteiger partial charge in [-0.1, -0.05) is 27.2 Å². The molecule has 0 amide bonds. The summed E-state index contributed by atoms with van der Waals surface area (Å²) in [5, 5.41) is 0. The summed E-state index contributed by atoms with van der Waals surface area (Å²) in [6.07, 6.45) is 8.73. The van der Waals surface area contributed by atoms with Crippen LogP contribution in [0.5, 0.6) is 0 Å². The first-order valence-electron chi connectivity index (χ1n) is 6.72. The lowest BCUT2D eigenvalue weighted by Crippen LogP contribution is -2.36. The van der Waals surface area contributed by atoms with E-state index in [1.165, 1.54) is 58.2 Å². The molecule has 1 saturated carbocycles. The molecular weight excluding hydrogens is 182 g/mol. The van der Waals surface area contributed by atoms with E-state index in [9.17, 15) is 0 Å². The van der Waals surface area contributed by atoms with Gasteiger partial charge in [-0.05, 0) is 56.0 Å². The van der Waals surface area contributed by atoms with E-state index in [1.54, 1.807) is 0 Å². The second-order valence-electron chi connectivity index (χ2n) is 7.07. The monoisotopic (exact) mass is 209 g/mol. The minimum absolute atomic E-state index is 0.520. The molecule has 1 heteroatoms.